The number of rotatable bonds is 2. The first-order chi connectivity index (χ1) is 9.65. The molecule has 4 rings (SSSR count). The number of hydrogen-bond donors (Lipinski definition) is 0. The number of hydrogen-bond acceptors (Lipinski definition) is 6. The number of carbonyl (C=O) groups is 1. The van der Waals surface area contributed by atoms with E-state index in [1.165, 1.54) is 0 Å². The second kappa shape index (κ2) is 4.10. The highest BCUT2D eigenvalue weighted by molar-refractivity contribution is 5.70. The van der Waals surface area contributed by atoms with E-state index in [0.29, 0.717) is 25.0 Å². The Morgan fingerprint density at radius 2 is 2.15 bits per heavy atom. The average Bonchev–Trinajstić information content (AvgIpc) is 3.09. The first-order valence-electron chi connectivity index (χ1n) is 7.18. The molecule has 1 aromatic heterocycles. The lowest BCUT2D eigenvalue weighted by Crippen LogP contribution is -2.50. The molecule has 108 valence electrons. The zero-order valence-electron chi connectivity index (χ0n) is 11.5. The Kier molecular flexibility index (Phi) is 2.46. The summed E-state index contributed by atoms with van der Waals surface area (Å²) in [5, 5.41) is 8.27. The zero-order chi connectivity index (χ0) is 13.7. The molecule has 1 saturated carbocycles. The van der Waals surface area contributed by atoms with Crippen LogP contribution in [0.15, 0.2) is 4.42 Å². The molecule has 0 radical (unpaired) electrons. The Labute approximate surface area is 116 Å². The summed E-state index contributed by atoms with van der Waals surface area (Å²) in [6, 6.07) is 0.566. The maximum Gasteiger partial charge on any atom is 0.410 e. The molecule has 1 amide bonds. The van der Waals surface area contributed by atoms with Crippen molar-refractivity contribution >= 4 is 12.1 Å². The van der Waals surface area contributed by atoms with Gasteiger partial charge in [0.25, 0.3) is 0 Å². The summed E-state index contributed by atoms with van der Waals surface area (Å²) < 4.78 is 11.3. The minimum Gasteiger partial charge on any atom is -0.439 e. The van der Waals surface area contributed by atoms with E-state index in [1.807, 2.05) is 0 Å². The third kappa shape index (κ3) is 1.92. The van der Waals surface area contributed by atoms with Gasteiger partial charge in [0.15, 0.2) is 0 Å². The maximum absolute atomic E-state index is 11.6. The molecule has 1 aliphatic carbocycles. The van der Waals surface area contributed by atoms with Gasteiger partial charge in [0.2, 0.25) is 5.89 Å². The van der Waals surface area contributed by atoms with E-state index in [0.717, 1.165) is 38.1 Å². The number of nitrogens with zero attached hydrogens (tertiary/aromatic N) is 4. The van der Waals surface area contributed by atoms with Crippen molar-refractivity contribution in [3.8, 4) is 0 Å². The van der Waals surface area contributed by atoms with E-state index in [4.69, 9.17) is 9.15 Å². The van der Waals surface area contributed by atoms with Gasteiger partial charge in [-0.25, -0.2) is 4.79 Å². The SMILES string of the molecule is CN1CC2(CCCN(c3nnc(C4CC4)o3)C2)OC1=O. The molecule has 1 atom stereocenters. The standard InChI is InChI=1S/C13H18N4O3/c1-16-7-13(20-12(16)18)5-2-6-17(8-13)11-15-14-10(19-11)9-3-4-9/h9H,2-8H2,1H3. The molecular formula is C13H18N4O3. The molecule has 20 heavy (non-hydrogen) atoms. The summed E-state index contributed by atoms with van der Waals surface area (Å²) >= 11 is 0. The Bertz CT molecular complexity index is 541. The number of ether oxygens (including phenoxy) is 1. The number of piperidine rings is 1. The van der Waals surface area contributed by atoms with Crippen LogP contribution in [0.25, 0.3) is 0 Å². The highest BCUT2D eigenvalue weighted by atomic mass is 16.6. The highest BCUT2D eigenvalue weighted by Crippen LogP contribution is 2.40. The van der Waals surface area contributed by atoms with Crippen LogP contribution in [-0.2, 0) is 4.74 Å². The van der Waals surface area contributed by atoms with Gasteiger partial charge in [-0.15, -0.1) is 5.10 Å². The first kappa shape index (κ1) is 12.0. The van der Waals surface area contributed by atoms with Gasteiger partial charge < -0.3 is 19.0 Å². The van der Waals surface area contributed by atoms with Gasteiger partial charge in [0, 0.05) is 19.5 Å². The van der Waals surface area contributed by atoms with Crippen LogP contribution >= 0.6 is 0 Å². The predicted octanol–water partition coefficient (Wildman–Crippen LogP) is 1.37. The van der Waals surface area contributed by atoms with Gasteiger partial charge in [-0.1, -0.05) is 5.10 Å². The van der Waals surface area contributed by atoms with Crippen LogP contribution in [0.4, 0.5) is 10.8 Å². The van der Waals surface area contributed by atoms with Gasteiger partial charge in [-0.2, -0.15) is 0 Å². The van der Waals surface area contributed by atoms with Crippen LogP contribution in [0, 0.1) is 0 Å². The summed E-state index contributed by atoms with van der Waals surface area (Å²) in [6.07, 6.45) is 3.91. The van der Waals surface area contributed by atoms with Crippen molar-refractivity contribution in [2.75, 3.05) is 31.6 Å². The van der Waals surface area contributed by atoms with Crippen molar-refractivity contribution in [2.45, 2.75) is 37.2 Å². The Morgan fingerprint density at radius 3 is 2.85 bits per heavy atom. The van der Waals surface area contributed by atoms with Crippen LogP contribution < -0.4 is 4.90 Å². The molecular weight excluding hydrogens is 260 g/mol. The molecule has 1 spiro atoms. The molecule has 7 nitrogen and oxygen atoms in total. The molecule has 2 aliphatic heterocycles. The van der Waals surface area contributed by atoms with E-state index in [-0.39, 0.29) is 6.09 Å². The van der Waals surface area contributed by atoms with Gasteiger partial charge in [0.1, 0.15) is 5.60 Å². The van der Waals surface area contributed by atoms with Crippen LogP contribution in [0.3, 0.4) is 0 Å². The Morgan fingerprint density at radius 1 is 1.30 bits per heavy atom. The van der Waals surface area contributed by atoms with Crippen LogP contribution in [0.1, 0.15) is 37.5 Å². The molecule has 0 N–H and O–H groups in total. The van der Waals surface area contributed by atoms with E-state index in [9.17, 15) is 4.79 Å². The zero-order valence-corrected chi connectivity index (χ0v) is 11.5. The van der Waals surface area contributed by atoms with Crippen LogP contribution in [-0.4, -0.2) is 53.5 Å². The molecule has 3 fully saturated rings. The van der Waals surface area contributed by atoms with Crippen molar-refractivity contribution in [3.05, 3.63) is 5.89 Å². The summed E-state index contributed by atoms with van der Waals surface area (Å²) in [4.78, 5) is 15.3. The van der Waals surface area contributed by atoms with Crippen LogP contribution in [0.2, 0.25) is 0 Å². The molecule has 0 bridgehead atoms. The molecule has 2 saturated heterocycles. The van der Waals surface area contributed by atoms with Gasteiger partial charge in [0.05, 0.1) is 13.1 Å². The predicted molar refractivity (Wildman–Crippen MR) is 69.6 cm³/mol. The quantitative estimate of drug-likeness (QED) is 0.813. The van der Waals surface area contributed by atoms with Crippen molar-refractivity contribution in [2.24, 2.45) is 0 Å². The topological polar surface area (TPSA) is 71.7 Å². The van der Waals surface area contributed by atoms with E-state index >= 15 is 0 Å². The summed E-state index contributed by atoms with van der Waals surface area (Å²) in [5.41, 5.74) is -0.418. The molecule has 1 unspecified atom stereocenters. The molecule has 0 aromatic carbocycles. The highest BCUT2D eigenvalue weighted by Gasteiger charge is 2.47. The van der Waals surface area contributed by atoms with Crippen LogP contribution in [0.5, 0.6) is 0 Å². The summed E-state index contributed by atoms with van der Waals surface area (Å²) in [6.45, 7) is 2.14. The van der Waals surface area contributed by atoms with Crippen molar-refractivity contribution in [1.29, 1.82) is 0 Å². The smallest absolute Gasteiger partial charge is 0.410 e. The third-order valence-electron chi connectivity index (χ3n) is 4.31. The minimum absolute atomic E-state index is 0.240. The fourth-order valence-electron chi connectivity index (χ4n) is 3.12. The van der Waals surface area contributed by atoms with E-state index < -0.39 is 5.60 Å². The van der Waals surface area contributed by atoms with Crippen molar-refractivity contribution < 1.29 is 13.9 Å². The second-order valence-electron chi connectivity index (χ2n) is 6.13. The largest absolute Gasteiger partial charge is 0.439 e. The van der Waals surface area contributed by atoms with Crippen molar-refractivity contribution in [3.63, 3.8) is 0 Å². The number of amides is 1. The van der Waals surface area contributed by atoms with Gasteiger partial charge in [-0.05, 0) is 25.7 Å². The fourth-order valence-corrected chi connectivity index (χ4v) is 3.12. The number of carbonyl (C=O) groups excluding carboxylic acids is 1. The Hall–Kier alpha value is -1.79. The maximum atomic E-state index is 11.6. The third-order valence-corrected chi connectivity index (χ3v) is 4.31. The minimum atomic E-state index is -0.418. The lowest BCUT2D eigenvalue weighted by Gasteiger charge is -2.37. The first-order valence-corrected chi connectivity index (χ1v) is 7.18. The van der Waals surface area contributed by atoms with Crippen molar-refractivity contribution in [1.82, 2.24) is 15.1 Å². The molecule has 7 heteroatoms. The lowest BCUT2D eigenvalue weighted by molar-refractivity contribution is 0.0434. The molecule has 3 aliphatic rings. The number of likely N-dealkylation sites (N-methyl/N-ethyl adjacent to an activating group) is 1. The van der Waals surface area contributed by atoms with E-state index in [1.54, 1.807) is 11.9 Å². The number of anilines is 1. The average molecular weight is 278 g/mol. The van der Waals surface area contributed by atoms with E-state index in [2.05, 4.69) is 15.1 Å². The summed E-state index contributed by atoms with van der Waals surface area (Å²) in [5.74, 6) is 1.21. The molecule has 1 aromatic rings. The lowest BCUT2D eigenvalue weighted by atomic mass is 9.93. The molecule has 3 heterocycles. The van der Waals surface area contributed by atoms with Gasteiger partial charge in [-0.3, -0.25) is 0 Å². The number of aromatic nitrogens is 2. The van der Waals surface area contributed by atoms with Gasteiger partial charge >= 0.3 is 12.1 Å². The normalized spacial score (nSPS) is 30.1. The summed E-state index contributed by atoms with van der Waals surface area (Å²) in [7, 11) is 1.77. The monoisotopic (exact) mass is 278 g/mol. The second-order valence-corrected chi connectivity index (χ2v) is 6.13. The fraction of sp³-hybridized carbons (Fsp3) is 0.769. The Balaban J connectivity index is 1.52.